The Labute approximate surface area is 154 Å². The van der Waals surface area contributed by atoms with Crippen molar-refractivity contribution in [1.82, 2.24) is 9.88 Å². The van der Waals surface area contributed by atoms with E-state index in [1.54, 1.807) is 16.2 Å². The smallest absolute Gasteiger partial charge is 0.227 e. The average molecular weight is 385 g/mol. The minimum atomic E-state index is -3.12. The molecule has 1 aliphatic heterocycles. The van der Waals surface area contributed by atoms with E-state index < -0.39 is 15.1 Å². The Balaban J connectivity index is 1.69. The molecule has 1 atom stereocenters. The number of amides is 1. The molecule has 2 fully saturated rings. The third kappa shape index (κ3) is 4.61. The predicted molar refractivity (Wildman–Crippen MR) is 101 cm³/mol. The molecule has 1 aromatic heterocycles. The molecular weight excluding hydrogens is 356 g/mol. The lowest BCUT2D eigenvalue weighted by Crippen LogP contribution is -2.42. The molecule has 0 N–H and O–H groups in total. The standard InChI is InChI=1S/C18H28N2O3S2/c1-13-16(24-18(19-13)14-7-6-8-14)11-17(21)20-10-5-3-4-9-15(12-20)25(2,22)23/h14-15H,3-12H2,1-2H3. The highest BCUT2D eigenvalue weighted by Gasteiger charge is 2.29. The maximum Gasteiger partial charge on any atom is 0.227 e. The van der Waals surface area contributed by atoms with Gasteiger partial charge in [-0.1, -0.05) is 19.3 Å². The number of rotatable bonds is 4. The van der Waals surface area contributed by atoms with E-state index in [1.165, 1.54) is 30.5 Å². The second-order valence-electron chi connectivity index (χ2n) is 7.51. The number of carbonyl (C=O) groups is 1. The molecule has 0 aromatic carbocycles. The summed E-state index contributed by atoms with van der Waals surface area (Å²) in [4.78, 5) is 20.3. The molecule has 1 amide bonds. The molecule has 0 radical (unpaired) electrons. The molecule has 1 unspecified atom stereocenters. The van der Waals surface area contributed by atoms with Crippen LogP contribution in [0.2, 0.25) is 0 Å². The average Bonchev–Trinajstić information content (AvgIpc) is 2.75. The van der Waals surface area contributed by atoms with Gasteiger partial charge in [-0.25, -0.2) is 13.4 Å². The van der Waals surface area contributed by atoms with Crippen LogP contribution in [0.4, 0.5) is 0 Å². The van der Waals surface area contributed by atoms with Crippen molar-refractivity contribution < 1.29 is 13.2 Å². The molecule has 7 heteroatoms. The van der Waals surface area contributed by atoms with E-state index in [0.29, 0.717) is 31.8 Å². The second kappa shape index (κ2) is 7.74. The van der Waals surface area contributed by atoms with Crippen LogP contribution in [0.5, 0.6) is 0 Å². The lowest BCUT2D eigenvalue weighted by Gasteiger charge is -2.29. The van der Waals surface area contributed by atoms with Crippen LogP contribution in [0.1, 0.15) is 66.4 Å². The first-order valence-electron chi connectivity index (χ1n) is 9.27. The van der Waals surface area contributed by atoms with Crippen LogP contribution in [-0.4, -0.2) is 48.8 Å². The minimum Gasteiger partial charge on any atom is -0.341 e. The third-order valence-corrected chi connectivity index (χ3v) is 8.43. The Bertz CT molecular complexity index is 723. The first kappa shape index (κ1) is 18.8. The van der Waals surface area contributed by atoms with E-state index >= 15 is 0 Å². The van der Waals surface area contributed by atoms with Gasteiger partial charge in [0.15, 0.2) is 9.84 Å². The summed E-state index contributed by atoms with van der Waals surface area (Å²) in [5.41, 5.74) is 0.965. The summed E-state index contributed by atoms with van der Waals surface area (Å²) in [6.07, 6.45) is 8.88. The van der Waals surface area contributed by atoms with Gasteiger partial charge < -0.3 is 4.90 Å². The zero-order valence-corrected chi connectivity index (χ0v) is 16.8. The summed E-state index contributed by atoms with van der Waals surface area (Å²) in [5, 5.41) is 0.748. The highest BCUT2D eigenvalue weighted by Crippen LogP contribution is 2.39. The molecule has 0 bridgehead atoms. The lowest BCUT2D eigenvalue weighted by molar-refractivity contribution is -0.130. The first-order valence-corrected chi connectivity index (χ1v) is 12.0. The molecule has 3 rings (SSSR count). The fraction of sp³-hybridized carbons (Fsp3) is 0.778. The molecule has 1 aromatic rings. The lowest BCUT2D eigenvalue weighted by atomic mass is 9.86. The quantitative estimate of drug-likeness (QED) is 0.800. The molecule has 140 valence electrons. The summed E-state index contributed by atoms with van der Waals surface area (Å²) >= 11 is 1.67. The van der Waals surface area contributed by atoms with Gasteiger partial charge in [0.1, 0.15) is 0 Å². The maximum absolute atomic E-state index is 12.8. The van der Waals surface area contributed by atoms with E-state index in [1.807, 2.05) is 6.92 Å². The van der Waals surface area contributed by atoms with Crippen molar-refractivity contribution in [3.05, 3.63) is 15.6 Å². The molecule has 0 spiro atoms. The van der Waals surface area contributed by atoms with Crippen LogP contribution < -0.4 is 0 Å². The number of carbonyl (C=O) groups excluding carboxylic acids is 1. The van der Waals surface area contributed by atoms with Crippen LogP contribution in [0, 0.1) is 6.92 Å². The number of likely N-dealkylation sites (tertiary alicyclic amines) is 1. The molecule has 5 nitrogen and oxygen atoms in total. The van der Waals surface area contributed by atoms with Crippen molar-refractivity contribution in [2.45, 2.75) is 69.5 Å². The van der Waals surface area contributed by atoms with Crippen molar-refractivity contribution in [1.29, 1.82) is 0 Å². The van der Waals surface area contributed by atoms with Gasteiger partial charge >= 0.3 is 0 Å². The van der Waals surface area contributed by atoms with Crippen molar-refractivity contribution in [2.24, 2.45) is 0 Å². The maximum atomic E-state index is 12.8. The third-order valence-electron chi connectivity index (χ3n) is 5.51. The molecule has 2 heterocycles. The highest BCUT2D eigenvalue weighted by molar-refractivity contribution is 7.91. The first-order chi connectivity index (χ1) is 11.8. The van der Waals surface area contributed by atoms with Gasteiger partial charge in [-0.2, -0.15) is 0 Å². The van der Waals surface area contributed by atoms with Crippen molar-refractivity contribution in [2.75, 3.05) is 19.3 Å². The van der Waals surface area contributed by atoms with Gasteiger partial charge in [0.25, 0.3) is 0 Å². The normalized spacial score (nSPS) is 23.0. The summed E-state index contributed by atoms with van der Waals surface area (Å²) < 4.78 is 24.0. The molecule has 1 saturated carbocycles. The van der Waals surface area contributed by atoms with Crippen LogP contribution in [-0.2, 0) is 21.1 Å². The number of hydrogen-bond donors (Lipinski definition) is 0. The van der Waals surface area contributed by atoms with Gasteiger partial charge in [-0.05, 0) is 32.6 Å². The van der Waals surface area contributed by atoms with E-state index in [9.17, 15) is 13.2 Å². The van der Waals surface area contributed by atoms with Crippen LogP contribution in [0.3, 0.4) is 0 Å². The second-order valence-corrected chi connectivity index (χ2v) is 10.9. The zero-order chi connectivity index (χ0) is 18.0. The molecule has 25 heavy (non-hydrogen) atoms. The molecule has 1 aliphatic carbocycles. The van der Waals surface area contributed by atoms with Crippen molar-refractivity contribution in [3.8, 4) is 0 Å². The monoisotopic (exact) mass is 384 g/mol. The zero-order valence-electron chi connectivity index (χ0n) is 15.2. The van der Waals surface area contributed by atoms with Crippen molar-refractivity contribution in [3.63, 3.8) is 0 Å². The van der Waals surface area contributed by atoms with Crippen molar-refractivity contribution >= 4 is 27.1 Å². The Kier molecular flexibility index (Phi) is 5.83. The summed E-state index contributed by atoms with van der Waals surface area (Å²) in [6, 6.07) is 0. The molecule has 2 aliphatic rings. The SMILES string of the molecule is Cc1nc(C2CCC2)sc1CC(=O)N1CCCCCC(S(C)(=O)=O)C1. The van der Waals surface area contributed by atoms with Crippen LogP contribution in [0.15, 0.2) is 0 Å². The molecular formula is C18H28N2O3S2. The number of thiazole rings is 1. The number of aryl methyl sites for hydroxylation is 1. The Morgan fingerprint density at radius 1 is 1.20 bits per heavy atom. The summed E-state index contributed by atoms with van der Waals surface area (Å²) in [5.74, 6) is 0.631. The van der Waals surface area contributed by atoms with Gasteiger partial charge in [0.05, 0.1) is 22.4 Å². The Hall–Kier alpha value is -0.950. The topological polar surface area (TPSA) is 67.3 Å². The summed E-state index contributed by atoms with van der Waals surface area (Å²) in [7, 11) is -3.12. The van der Waals surface area contributed by atoms with Crippen LogP contribution in [0.25, 0.3) is 0 Å². The number of aromatic nitrogens is 1. The Morgan fingerprint density at radius 3 is 2.60 bits per heavy atom. The predicted octanol–water partition coefficient (Wildman–Crippen LogP) is 3.08. The number of hydrogen-bond acceptors (Lipinski definition) is 5. The van der Waals surface area contributed by atoms with Gasteiger partial charge in [0.2, 0.25) is 5.91 Å². The fourth-order valence-electron chi connectivity index (χ4n) is 3.55. The minimum absolute atomic E-state index is 0.0439. The Morgan fingerprint density at radius 2 is 1.96 bits per heavy atom. The highest BCUT2D eigenvalue weighted by atomic mass is 32.2. The van der Waals surface area contributed by atoms with Gasteiger partial charge in [-0.15, -0.1) is 11.3 Å². The van der Waals surface area contributed by atoms with E-state index in [4.69, 9.17) is 0 Å². The largest absolute Gasteiger partial charge is 0.341 e. The van der Waals surface area contributed by atoms with E-state index in [2.05, 4.69) is 4.98 Å². The van der Waals surface area contributed by atoms with Gasteiger partial charge in [0, 0.05) is 30.1 Å². The van der Waals surface area contributed by atoms with E-state index in [-0.39, 0.29) is 5.91 Å². The summed E-state index contributed by atoms with van der Waals surface area (Å²) in [6.45, 7) is 2.98. The fourth-order valence-corrected chi connectivity index (χ4v) is 5.82. The number of nitrogens with zero attached hydrogens (tertiary/aromatic N) is 2. The van der Waals surface area contributed by atoms with E-state index in [0.717, 1.165) is 29.8 Å². The van der Waals surface area contributed by atoms with Gasteiger partial charge in [-0.3, -0.25) is 4.79 Å². The molecule has 1 saturated heterocycles. The number of sulfone groups is 1. The van der Waals surface area contributed by atoms with Crippen LogP contribution >= 0.6 is 11.3 Å².